The van der Waals surface area contributed by atoms with E-state index >= 15 is 0 Å². The number of alkyl halides is 3. The lowest BCUT2D eigenvalue weighted by Crippen LogP contribution is -2.22. The van der Waals surface area contributed by atoms with Crippen molar-refractivity contribution in [1.29, 1.82) is 0 Å². The van der Waals surface area contributed by atoms with E-state index in [1.807, 2.05) is 0 Å². The smallest absolute Gasteiger partial charge is 0.324 e. The normalized spacial score (nSPS) is 11.6. The second-order valence-electron chi connectivity index (χ2n) is 8.29. The number of nitrogens with zero attached hydrogens (tertiary/aromatic N) is 2. The molecule has 1 heterocycles. The highest BCUT2D eigenvalue weighted by Gasteiger charge is 2.31. The maximum atomic E-state index is 13.7. The van der Waals surface area contributed by atoms with E-state index in [2.05, 4.69) is 10.3 Å². The predicted octanol–water partition coefficient (Wildman–Crippen LogP) is 6.83. The predicted molar refractivity (Wildman–Crippen MR) is 137 cm³/mol. The molecule has 0 unspecified atom stereocenters. The molecular formula is C27H23F4N3O2S. The molecule has 1 amide bonds. The Hall–Kier alpha value is -3.66. The SMILES string of the molecule is O=C(CCCCCSc1nc2ccccc2c(=O)n1-c1cccc(C(F)(F)F)c1)Nc1ccccc1F. The Morgan fingerprint density at radius 3 is 2.49 bits per heavy atom. The molecule has 0 bridgehead atoms. The van der Waals surface area contributed by atoms with E-state index in [9.17, 15) is 27.2 Å². The molecule has 0 atom stereocenters. The number of fused-ring (bicyclic) bond motifs is 1. The van der Waals surface area contributed by atoms with E-state index in [-0.39, 0.29) is 23.7 Å². The molecule has 0 spiro atoms. The van der Waals surface area contributed by atoms with Crippen LogP contribution in [0.1, 0.15) is 31.2 Å². The number of nitrogens with one attached hydrogen (secondary N) is 1. The number of para-hydroxylation sites is 2. The molecule has 10 heteroatoms. The number of rotatable bonds is 9. The highest BCUT2D eigenvalue weighted by molar-refractivity contribution is 7.99. The number of halogens is 4. The summed E-state index contributed by atoms with van der Waals surface area (Å²) in [5.74, 6) is -0.243. The van der Waals surface area contributed by atoms with E-state index in [1.54, 1.807) is 36.4 Å². The van der Waals surface area contributed by atoms with Gasteiger partial charge in [-0.25, -0.2) is 9.37 Å². The Bertz CT molecular complexity index is 1470. The Morgan fingerprint density at radius 2 is 1.70 bits per heavy atom. The molecule has 0 saturated heterocycles. The number of unbranched alkanes of at least 4 members (excludes halogenated alkanes) is 2. The van der Waals surface area contributed by atoms with Crippen LogP contribution in [-0.4, -0.2) is 21.2 Å². The van der Waals surface area contributed by atoms with Crippen LogP contribution in [0.3, 0.4) is 0 Å². The van der Waals surface area contributed by atoms with Crippen molar-refractivity contribution in [3.8, 4) is 5.69 Å². The van der Waals surface area contributed by atoms with Crippen molar-refractivity contribution in [2.24, 2.45) is 0 Å². The maximum absolute atomic E-state index is 13.7. The van der Waals surface area contributed by atoms with Gasteiger partial charge < -0.3 is 5.32 Å². The minimum atomic E-state index is -4.55. The summed E-state index contributed by atoms with van der Waals surface area (Å²) in [7, 11) is 0. The van der Waals surface area contributed by atoms with Crippen molar-refractivity contribution >= 4 is 34.3 Å². The molecule has 4 aromatic rings. The Kier molecular flexibility index (Phi) is 8.27. The van der Waals surface area contributed by atoms with E-state index in [0.717, 1.165) is 12.1 Å². The van der Waals surface area contributed by atoms with Gasteiger partial charge in [-0.05, 0) is 55.3 Å². The summed E-state index contributed by atoms with van der Waals surface area (Å²) in [6.07, 6.45) is -2.37. The number of hydrogen-bond acceptors (Lipinski definition) is 4. The van der Waals surface area contributed by atoms with Crippen LogP contribution in [0.25, 0.3) is 16.6 Å². The van der Waals surface area contributed by atoms with Crippen LogP contribution in [0.4, 0.5) is 23.2 Å². The first-order chi connectivity index (χ1) is 17.7. The van der Waals surface area contributed by atoms with Crippen LogP contribution in [0.5, 0.6) is 0 Å². The second kappa shape index (κ2) is 11.6. The van der Waals surface area contributed by atoms with Crippen molar-refractivity contribution in [1.82, 2.24) is 9.55 Å². The molecule has 5 nitrogen and oxygen atoms in total. The van der Waals surface area contributed by atoms with Gasteiger partial charge in [0.25, 0.3) is 5.56 Å². The zero-order valence-corrected chi connectivity index (χ0v) is 20.4. The van der Waals surface area contributed by atoms with E-state index in [4.69, 9.17) is 0 Å². The summed E-state index contributed by atoms with van der Waals surface area (Å²) in [4.78, 5) is 29.9. The summed E-state index contributed by atoms with van der Waals surface area (Å²) >= 11 is 1.27. The molecule has 0 aliphatic carbocycles. The van der Waals surface area contributed by atoms with Gasteiger partial charge in [0.05, 0.1) is 27.8 Å². The Labute approximate surface area is 214 Å². The first-order valence-electron chi connectivity index (χ1n) is 11.6. The van der Waals surface area contributed by atoms with Gasteiger partial charge in [-0.3, -0.25) is 14.2 Å². The summed E-state index contributed by atoms with van der Waals surface area (Å²) in [6, 6.07) is 17.2. The van der Waals surface area contributed by atoms with Crippen LogP contribution in [0.15, 0.2) is 82.7 Å². The number of carbonyl (C=O) groups excluding carboxylic acids is 1. The Balaban J connectivity index is 1.43. The zero-order valence-electron chi connectivity index (χ0n) is 19.6. The number of benzene rings is 3. The molecule has 0 saturated carbocycles. The molecular weight excluding hydrogens is 506 g/mol. The molecule has 37 heavy (non-hydrogen) atoms. The molecule has 1 aromatic heterocycles. The molecule has 4 rings (SSSR count). The summed E-state index contributed by atoms with van der Waals surface area (Å²) in [5, 5.41) is 3.15. The van der Waals surface area contributed by atoms with Crippen LogP contribution >= 0.6 is 11.8 Å². The maximum Gasteiger partial charge on any atom is 0.416 e. The van der Waals surface area contributed by atoms with Gasteiger partial charge in [-0.1, -0.05) is 48.5 Å². The highest BCUT2D eigenvalue weighted by atomic mass is 32.2. The third-order valence-electron chi connectivity index (χ3n) is 5.60. The Morgan fingerprint density at radius 1 is 0.946 bits per heavy atom. The number of carbonyl (C=O) groups is 1. The van der Waals surface area contributed by atoms with Crippen molar-refractivity contribution in [2.45, 2.75) is 37.0 Å². The van der Waals surface area contributed by atoms with Crippen molar-refractivity contribution in [3.05, 3.63) is 94.5 Å². The quantitative estimate of drug-likeness (QED) is 0.112. The second-order valence-corrected chi connectivity index (χ2v) is 9.35. The van der Waals surface area contributed by atoms with Crippen LogP contribution in [-0.2, 0) is 11.0 Å². The average molecular weight is 530 g/mol. The van der Waals surface area contributed by atoms with Gasteiger partial charge in [-0.15, -0.1) is 0 Å². The molecule has 0 fully saturated rings. The minimum Gasteiger partial charge on any atom is -0.324 e. The first-order valence-corrected chi connectivity index (χ1v) is 12.6. The van der Waals surface area contributed by atoms with Crippen LogP contribution in [0.2, 0.25) is 0 Å². The van der Waals surface area contributed by atoms with Crippen LogP contribution < -0.4 is 10.9 Å². The fourth-order valence-corrected chi connectivity index (χ4v) is 4.77. The molecule has 1 N–H and O–H groups in total. The number of thioether (sulfide) groups is 1. The van der Waals surface area contributed by atoms with Gasteiger partial charge in [0.2, 0.25) is 5.91 Å². The minimum absolute atomic E-state index is 0.0883. The van der Waals surface area contributed by atoms with E-state index in [0.29, 0.717) is 41.1 Å². The lowest BCUT2D eigenvalue weighted by Gasteiger charge is -2.15. The number of aromatic nitrogens is 2. The van der Waals surface area contributed by atoms with Gasteiger partial charge in [0, 0.05) is 12.2 Å². The fraction of sp³-hybridized carbons (Fsp3) is 0.222. The summed E-state index contributed by atoms with van der Waals surface area (Å²) in [6.45, 7) is 0. The third kappa shape index (κ3) is 6.56. The average Bonchev–Trinajstić information content (AvgIpc) is 2.87. The third-order valence-corrected chi connectivity index (χ3v) is 6.63. The summed E-state index contributed by atoms with van der Waals surface area (Å²) in [5.41, 5.74) is -0.613. The first kappa shape index (κ1) is 26.4. The molecule has 3 aromatic carbocycles. The van der Waals surface area contributed by atoms with E-state index < -0.39 is 23.1 Å². The van der Waals surface area contributed by atoms with Crippen molar-refractivity contribution in [2.75, 3.05) is 11.1 Å². The van der Waals surface area contributed by atoms with E-state index in [1.165, 1.54) is 40.6 Å². The highest BCUT2D eigenvalue weighted by Crippen LogP contribution is 2.31. The molecule has 0 aliphatic heterocycles. The fourth-order valence-electron chi connectivity index (χ4n) is 3.76. The standard InChI is InChI=1S/C27H23F4N3O2S/c28-21-12-4-6-14-23(21)32-24(35)15-2-1-7-16-37-26-33-22-13-5-3-11-20(22)25(36)34(26)19-10-8-9-18(17-19)27(29,30)31/h3-6,8-14,17H,1-2,7,15-16H2,(H,32,35). The molecule has 192 valence electrons. The van der Waals surface area contributed by atoms with Gasteiger partial charge in [0.15, 0.2) is 5.16 Å². The summed E-state index contributed by atoms with van der Waals surface area (Å²) < 4.78 is 54.8. The monoisotopic (exact) mass is 529 g/mol. The van der Waals surface area contributed by atoms with Gasteiger partial charge in [0.1, 0.15) is 5.82 Å². The lowest BCUT2D eigenvalue weighted by molar-refractivity contribution is -0.137. The van der Waals surface area contributed by atoms with Crippen LogP contribution in [0, 0.1) is 5.82 Å². The number of anilines is 1. The largest absolute Gasteiger partial charge is 0.416 e. The molecule has 0 radical (unpaired) electrons. The number of hydrogen-bond donors (Lipinski definition) is 1. The van der Waals surface area contributed by atoms with Crippen molar-refractivity contribution < 1.29 is 22.4 Å². The number of amides is 1. The molecule has 0 aliphatic rings. The van der Waals surface area contributed by atoms with Crippen molar-refractivity contribution in [3.63, 3.8) is 0 Å². The zero-order chi connectivity index (χ0) is 26.4. The van der Waals surface area contributed by atoms with Gasteiger partial charge >= 0.3 is 6.18 Å². The lowest BCUT2D eigenvalue weighted by atomic mass is 10.2. The van der Waals surface area contributed by atoms with Gasteiger partial charge in [-0.2, -0.15) is 13.2 Å². The topological polar surface area (TPSA) is 64.0 Å².